The molecule has 3 heterocycles. The van der Waals surface area contributed by atoms with Gasteiger partial charge >= 0.3 is 0 Å². The average molecular weight is 519 g/mol. The first-order valence-corrected chi connectivity index (χ1v) is 14.8. The topological polar surface area (TPSA) is 40.5 Å². The van der Waals surface area contributed by atoms with Crippen LogP contribution in [0.25, 0.3) is 10.9 Å². The predicted molar refractivity (Wildman–Crippen MR) is 156 cm³/mol. The summed E-state index contributed by atoms with van der Waals surface area (Å²) >= 11 is 1.87. The first-order chi connectivity index (χ1) is 17.9. The van der Waals surface area contributed by atoms with Crippen molar-refractivity contribution >= 4 is 34.4 Å². The second-order valence-corrected chi connectivity index (χ2v) is 12.3. The van der Waals surface area contributed by atoms with E-state index in [4.69, 9.17) is 0 Å². The third-order valence-corrected chi connectivity index (χ3v) is 9.44. The molecule has 5 rings (SSSR count). The molecule has 2 atom stereocenters. The monoisotopic (exact) mass is 518 g/mol. The Morgan fingerprint density at radius 3 is 2.59 bits per heavy atom. The number of aromatic nitrogens is 1. The van der Waals surface area contributed by atoms with Crippen LogP contribution in [-0.2, 0) is 11.2 Å². The van der Waals surface area contributed by atoms with Gasteiger partial charge < -0.3 is 14.8 Å². The maximum Gasteiger partial charge on any atom is 0.247 e. The summed E-state index contributed by atoms with van der Waals surface area (Å²) < 4.78 is 4.61. The molecule has 2 aromatic carbocycles. The molecule has 2 unspecified atom stereocenters. The molecule has 1 aromatic heterocycles. The highest BCUT2D eigenvalue weighted by Gasteiger charge is 2.22. The summed E-state index contributed by atoms with van der Waals surface area (Å²) in [5.41, 5.74) is 5.67. The molecule has 3 aromatic rings. The SMILES string of the molecule is Cc1ccc(CCC2CCCN2C)cc1NC(=O)C(C)n1cc(C)c2cc(SN3CCCCC3)ccc21. The van der Waals surface area contributed by atoms with Crippen LogP contribution in [-0.4, -0.2) is 52.4 Å². The van der Waals surface area contributed by atoms with E-state index in [1.165, 1.54) is 66.5 Å². The van der Waals surface area contributed by atoms with Crippen molar-refractivity contribution in [3.05, 3.63) is 59.3 Å². The first-order valence-electron chi connectivity index (χ1n) is 14.0. The zero-order chi connectivity index (χ0) is 25.9. The van der Waals surface area contributed by atoms with Gasteiger partial charge in [-0.05, 0) is 126 Å². The number of fused-ring (bicyclic) bond motifs is 1. The fourth-order valence-corrected chi connectivity index (χ4v) is 6.92. The second kappa shape index (κ2) is 11.6. The van der Waals surface area contributed by atoms with Gasteiger partial charge in [0.25, 0.3) is 0 Å². The van der Waals surface area contributed by atoms with Gasteiger partial charge in [0.1, 0.15) is 6.04 Å². The minimum Gasteiger partial charge on any atom is -0.335 e. The van der Waals surface area contributed by atoms with Crippen LogP contribution in [0.2, 0.25) is 0 Å². The third-order valence-electron chi connectivity index (χ3n) is 8.35. The van der Waals surface area contributed by atoms with Crippen molar-refractivity contribution in [2.24, 2.45) is 0 Å². The lowest BCUT2D eigenvalue weighted by Gasteiger charge is -2.25. The predicted octanol–water partition coefficient (Wildman–Crippen LogP) is 6.98. The lowest BCUT2D eigenvalue weighted by atomic mass is 10.0. The number of benzene rings is 2. The number of rotatable bonds is 8. The summed E-state index contributed by atoms with van der Waals surface area (Å²) in [5.74, 6) is 0.0273. The smallest absolute Gasteiger partial charge is 0.247 e. The molecular weight excluding hydrogens is 476 g/mol. The van der Waals surface area contributed by atoms with E-state index in [-0.39, 0.29) is 11.9 Å². The van der Waals surface area contributed by atoms with Crippen molar-refractivity contribution in [1.29, 1.82) is 0 Å². The van der Waals surface area contributed by atoms with Gasteiger partial charge in [-0.15, -0.1) is 0 Å². The molecule has 1 N–H and O–H groups in total. The molecule has 2 saturated heterocycles. The minimum atomic E-state index is -0.299. The number of hydrogen-bond acceptors (Lipinski definition) is 4. The van der Waals surface area contributed by atoms with Crippen molar-refractivity contribution in [1.82, 2.24) is 13.8 Å². The zero-order valence-electron chi connectivity index (χ0n) is 22.9. The molecule has 0 radical (unpaired) electrons. The summed E-state index contributed by atoms with van der Waals surface area (Å²) in [6.07, 6.45) is 10.9. The lowest BCUT2D eigenvalue weighted by Crippen LogP contribution is -2.25. The van der Waals surface area contributed by atoms with E-state index in [2.05, 4.69) is 82.6 Å². The third kappa shape index (κ3) is 6.08. The van der Waals surface area contributed by atoms with Crippen molar-refractivity contribution in [3.8, 4) is 0 Å². The number of amides is 1. The summed E-state index contributed by atoms with van der Waals surface area (Å²) in [6, 6.07) is 13.6. The van der Waals surface area contributed by atoms with E-state index in [0.717, 1.165) is 36.3 Å². The molecule has 2 aliphatic heterocycles. The Labute approximate surface area is 226 Å². The molecule has 198 valence electrons. The molecule has 37 heavy (non-hydrogen) atoms. The summed E-state index contributed by atoms with van der Waals surface area (Å²) in [7, 11) is 2.24. The van der Waals surface area contributed by atoms with Crippen LogP contribution in [0.1, 0.15) is 68.2 Å². The number of piperidine rings is 1. The first kappa shape index (κ1) is 26.3. The van der Waals surface area contributed by atoms with Gasteiger partial charge in [-0.3, -0.25) is 4.79 Å². The Morgan fingerprint density at radius 2 is 1.84 bits per heavy atom. The number of nitrogens with one attached hydrogen (secondary N) is 1. The van der Waals surface area contributed by atoms with Gasteiger partial charge in [0.05, 0.1) is 0 Å². The van der Waals surface area contributed by atoms with Crippen molar-refractivity contribution in [2.75, 3.05) is 32.0 Å². The van der Waals surface area contributed by atoms with Gasteiger partial charge in [0.2, 0.25) is 5.91 Å². The van der Waals surface area contributed by atoms with Crippen LogP contribution < -0.4 is 5.32 Å². The quantitative estimate of drug-likeness (QED) is 0.327. The fourth-order valence-electron chi connectivity index (χ4n) is 5.89. The van der Waals surface area contributed by atoms with E-state index >= 15 is 0 Å². The summed E-state index contributed by atoms with van der Waals surface area (Å²) in [6.45, 7) is 9.76. The Kier molecular flexibility index (Phi) is 8.28. The Balaban J connectivity index is 1.27. The van der Waals surface area contributed by atoms with E-state index in [1.807, 2.05) is 18.9 Å². The molecule has 0 saturated carbocycles. The molecular formula is C31H42N4OS. The average Bonchev–Trinajstić information content (AvgIpc) is 3.46. The molecule has 2 aliphatic rings. The van der Waals surface area contributed by atoms with Crippen LogP contribution in [0.5, 0.6) is 0 Å². The molecule has 0 aliphatic carbocycles. The number of likely N-dealkylation sites (tertiary alicyclic amines) is 1. The summed E-state index contributed by atoms with van der Waals surface area (Å²) in [5, 5.41) is 4.48. The minimum absolute atomic E-state index is 0.0273. The molecule has 1 amide bonds. The lowest BCUT2D eigenvalue weighted by molar-refractivity contribution is -0.118. The largest absolute Gasteiger partial charge is 0.335 e. The van der Waals surface area contributed by atoms with E-state index < -0.39 is 0 Å². The Hall–Kier alpha value is -2.28. The van der Waals surface area contributed by atoms with Crippen molar-refractivity contribution in [3.63, 3.8) is 0 Å². The molecule has 0 bridgehead atoms. The Bertz CT molecular complexity index is 1250. The van der Waals surface area contributed by atoms with Crippen LogP contribution in [0.4, 0.5) is 5.69 Å². The number of carbonyl (C=O) groups is 1. The van der Waals surface area contributed by atoms with E-state index in [1.54, 1.807) is 0 Å². The van der Waals surface area contributed by atoms with Crippen LogP contribution in [0, 0.1) is 13.8 Å². The number of anilines is 1. The number of nitrogens with zero attached hydrogens (tertiary/aromatic N) is 3. The molecule has 2 fully saturated rings. The van der Waals surface area contributed by atoms with Gasteiger partial charge in [-0.2, -0.15) is 0 Å². The highest BCUT2D eigenvalue weighted by atomic mass is 32.2. The highest BCUT2D eigenvalue weighted by molar-refractivity contribution is 7.97. The van der Waals surface area contributed by atoms with E-state index in [0.29, 0.717) is 6.04 Å². The maximum atomic E-state index is 13.4. The van der Waals surface area contributed by atoms with Gasteiger partial charge in [-0.1, -0.05) is 18.6 Å². The summed E-state index contributed by atoms with van der Waals surface area (Å²) in [4.78, 5) is 17.2. The van der Waals surface area contributed by atoms with Crippen LogP contribution in [0.3, 0.4) is 0 Å². The molecule has 5 nitrogen and oxygen atoms in total. The maximum absolute atomic E-state index is 13.4. The number of carbonyl (C=O) groups excluding carboxylic acids is 1. The van der Waals surface area contributed by atoms with Crippen molar-refractivity contribution < 1.29 is 4.79 Å². The van der Waals surface area contributed by atoms with Gasteiger partial charge in [0, 0.05) is 46.8 Å². The normalized spacial score (nSPS) is 19.9. The second-order valence-electron chi connectivity index (χ2n) is 11.1. The van der Waals surface area contributed by atoms with Crippen molar-refractivity contribution in [2.45, 2.75) is 82.7 Å². The zero-order valence-corrected chi connectivity index (χ0v) is 23.7. The molecule has 6 heteroatoms. The molecule has 0 spiro atoms. The van der Waals surface area contributed by atoms with Crippen LogP contribution in [0.15, 0.2) is 47.5 Å². The standard InChI is InChI=1S/C31H42N4OS/c1-22-10-11-25(12-13-26-9-8-16-33(26)4)19-29(22)32-31(36)24(3)35-21-23(2)28-20-27(14-15-30(28)35)37-34-17-6-5-7-18-34/h10-11,14-15,19-21,24,26H,5-9,12-13,16-18H2,1-4H3,(H,32,36). The number of aryl methyl sites for hydroxylation is 3. The van der Waals surface area contributed by atoms with Gasteiger partial charge in [-0.25, -0.2) is 4.31 Å². The van der Waals surface area contributed by atoms with Crippen LogP contribution >= 0.6 is 11.9 Å². The van der Waals surface area contributed by atoms with E-state index in [9.17, 15) is 4.79 Å². The fraction of sp³-hybridized carbons (Fsp3) is 0.516. The number of hydrogen-bond donors (Lipinski definition) is 1. The Morgan fingerprint density at radius 1 is 1.03 bits per heavy atom. The highest BCUT2D eigenvalue weighted by Crippen LogP contribution is 2.32. The van der Waals surface area contributed by atoms with Gasteiger partial charge in [0.15, 0.2) is 0 Å².